The van der Waals surface area contributed by atoms with Gasteiger partial charge in [-0.05, 0) is 12.1 Å². The average Bonchev–Trinajstić information content (AvgIpc) is 2.41. The van der Waals surface area contributed by atoms with Crippen LogP contribution in [0.5, 0.6) is 0 Å². The van der Waals surface area contributed by atoms with Gasteiger partial charge in [0.2, 0.25) is 0 Å². The van der Waals surface area contributed by atoms with Crippen LogP contribution in [-0.2, 0) is 0 Å². The number of nitrogens with zero attached hydrogens (tertiary/aromatic N) is 2. The Morgan fingerprint density at radius 2 is 1.47 bits per heavy atom. The van der Waals surface area contributed by atoms with Crippen LogP contribution >= 0.6 is 11.6 Å². The zero-order chi connectivity index (χ0) is 11.9. The topological polar surface area (TPSA) is 0 Å². The Morgan fingerprint density at radius 3 is 1.94 bits per heavy atom. The van der Waals surface area contributed by atoms with E-state index in [1.54, 1.807) is 12.1 Å². The molecule has 3 fully saturated rings. The molecule has 1 aromatic carbocycles. The summed E-state index contributed by atoms with van der Waals surface area (Å²) >= 11 is 6.09. The molecule has 0 saturated carbocycles. The van der Waals surface area contributed by atoms with Crippen molar-refractivity contribution in [1.29, 1.82) is 0 Å². The molecule has 0 aromatic heterocycles. The van der Waals surface area contributed by atoms with Crippen LogP contribution in [0, 0.1) is 5.82 Å². The van der Waals surface area contributed by atoms with Gasteiger partial charge in [0, 0.05) is 12.1 Å². The van der Waals surface area contributed by atoms with Gasteiger partial charge in [-0.3, -0.25) is 8.97 Å². The van der Waals surface area contributed by atoms with E-state index in [-0.39, 0.29) is 5.82 Å². The number of hydrogen-bond acceptors (Lipinski definition) is 0. The number of piperazine rings is 3. The van der Waals surface area contributed by atoms with E-state index in [4.69, 9.17) is 11.6 Å². The number of benzene rings is 1. The summed E-state index contributed by atoms with van der Waals surface area (Å²) in [5, 5.41) is 0. The Labute approximate surface area is 106 Å². The third-order valence-corrected chi connectivity index (χ3v) is 5.14. The van der Waals surface area contributed by atoms with Crippen molar-refractivity contribution in [1.82, 2.24) is 4.48 Å². The predicted octanol–water partition coefficient (Wildman–Crippen LogP) is 2.17. The number of alkyl halides is 1. The van der Waals surface area contributed by atoms with Crippen molar-refractivity contribution in [3.8, 4) is 0 Å². The minimum atomic E-state index is -0.146. The van der Waals surface area contributed by atoms with Crippen molar-refractivity contribution in [2.24, 2.45) is 0 Å². The van der Waals surface area contributed by atoms with Crippen molar-refractivity contribution in [3.63, 3.8) is 0 Å². The van der Waals surface area contributed by atoms with Gasteiger partial charge in [0.25, 0.3) is 0 Å². The summed E-state index contributed by atoms with van der Waals surface area (Å²) in [5.74, 6) is -0.146. The molecular weight excluding hydrogens is 239 g/mol. The maximum Gasteiger partial charge on any atom is 0.155 e. The first-order valence-corrected chi connectivity index (χ1v) is 6.75. The van der Waals surface area contributed by atoms with Crippen LogP contribution in [0.15, 0.2) is 24.3 Å². The lowest BCUT2D eigenvalue weighted by Crippen LogP contribution is -2.75. The minimum Gasteiger partial charge on any atom is -0.297 e. The lowest BCUT2D eigenvalue weighted by molar-refractivity contribution is -0.930. The van der Waals surface area contributed by atoms with Gasteiger partial charge >= 0.3 is 0 Å². The first kappa shape index (κ1) is 11.5. The fourth-order valence-corrected chi connectivity index (χ4v) is 3.56. The van der Waals surface area contributed by atoms with Gasteiger partial charge < -0.3 is 0 Å². The molecule has 0 aliphatic carbocycles. The minimum absolute atomic E-state index is 0.146. The normalized spacial score (nSPS) is 36.1. The number of hydrogen-bond donors (Lipinski definition) is 0. The van der Waals surface area contributed by atoms with Gasteiger partial charge in [0.05, 0.1) is 0 Å². The Kier molecular flexibility index (Phi) is 2.65. The molecule has 1 aromatic rings. The second-order valence-electron chi connectivity index (χ2n) is 5.42. The molecule has 3 aliphatic rings. The molecule has 3 aliphatic heterocycles. The van der Waals surface area contributed by atoms with Crippen molar-refractivity contribution in [2.45, 2.75) is 0 Å². The van der Waals surface area contributed by atoms with Gasteiger partial charge in [-0.2, -0.15) is 0 Å². The van der Waals surface area contributed by atoms with Gasteiger partial charge in [-0.1, -0.05) is 11.6 Å². The summed E-state index contributed by atoms with van der Waals surface area (Å²) in [6.07, 6.45) is 0. The molecule has 0 unspecified atom stereocenters. The van der Waals surface area contributed by atoms with E-state index in [2.05, 4.69) is 0 Å². The summed E-state index contributed by atoms with van der Waals surface area (Å²) in [6, 6.07) is 7.79. The molecule has 0 amide bonds. The summed E-state index contributed by atoms with van der Waals surface area (Å²) in [7, 11) is 0. The van der Waals surface area contributed by atoms with Crippen LogP contribution in [0.3, 0.4) is 0 Å². The molecule has 0 N–H and O–H groups in total. The van der Waals surface area contributed by atoms with Gasteiger partial charge in [-0.15, -0.1) is 0 Å². The van der Waals surface area contributed by atoms with Crippen LogP contribution in [-0.4, -0.2) is 49.8 Å². The molecule has 3 saturated heterocycles. The van der Waals surface area contributed by atoms with E-state index >= 15 is 0 Å². The van der Waals surface area contributed by atoms with Crippen LogP contribution in [0.1, 0.15) is 0 Å². The monoisotopic (exact) mass is 256 g/mol. The third kappa shape index (κ3) is 1.77. The highest BCUT2D eigenvalue weighted by Gasteiger charge is 2.49. The standard InChI is InChI=1S/C13H18ClFN2/c14-11-16-5-8-17(9-6-16,10-7-16)13-3-1-12(15)2-4-13/h1-4H,5-11H2/q+2. The highest BCUT2D eigenvalue weighted by molar-refractivity contribution is 6.17. The second kappa shape index (κ2) is 3.94. The molecule has 2 nitrogen and oxygen atoms in total. The summed E-state index contributed by atoms with van der Waals surface area (Å²) in [6.45, 7) is 6.87. The Balaban J connectivity index is 1.88. The molecular formula is C13H18ClFN2+2. The fourth-order valence-electron chi connectivity index (χ4n) is 3.21. The van der Waals surface area contributed by atoms with E-state index in [0.717, 1.165) is 54.2 Å². The van der Waals surface area contributed by atoms with E-state index < -0.39 is 0 Å². The Bertz CT molecular complexity index is 393. The summed E-state index contributed by atoms with van der Waals surface area (Å²) in [5.41, 5.74) is 1.26. The van der Waals surface area contributed by atoms with Crippen LogP contribution < -0.4 is 4.48 Å². The zero-order valence-corrected chi connectivity index (χ0v) is 10.7. The van der Waals surface area contributed by atoms with E-state index in [0.29, 0.717) is 0 Å². The van der Waals surface area contributed by atoms with E-state index in [9.17, 15) is 4.39 Å². The SMILES string of the molecule is Fc1ccc([N+]23CC[N+](CCl)(CC2)CC3)cc1. The maximum absolute atomic E-state index is 13.0. The van der Waals surface area contributed by atoms with Gasteiger partial charge in [-0.25, -0.2) is 4.39 Å². The molecule has 92 valence electrons. The summed E-state index contributed by atoms with van der Waals surface area (Å²) < 4.78 is 15.1. The fraction of sp³-hybridized carbons (Fsp3) is 0.538. The molecule has 17 heavy (non-hydrogen) atoms. The first-order valence-electron chi connectivity index (χ1n) is 6.21. The van der Waals surface area contributed by atoms with E-state index in [1.165, 1.54) is 5.69 Å². The molecule has 0 spiro atoms. The lowest BCUT2D eigenvalue weighted by Gasteiger charge is -2.54. The smallest absolute Gasteiger partial charge is 0.155 e. The highest BCUT2D eigenvalue weighted by Crippen LogP contribution is 2.33. The van der Waals surface area contributed by atoms with E-state index in [1.807, 2.05) is 12.1 Å². The first-order chi connectivity index (χ1) is 8.18. The quantitative estimate of drug-likeness (QED) is 0.432. The Hall–Kier alpha value is -0.640. The zero-order valence-electron chi connectivity index (χ0n) is 9.91. The molecule has 4 heteroatoms. The second-order valence-corrected chi connectivity index (χ2v) is 5.66. The number of halogens is 2. The maximum atomic E-state index is 13.0. The van der Waals surface area contributed by atoms with Crippen LogP contribution in [0.4, 0.5) is 10.1 Å². The largest absolute Gasteiger partial charge is 0.297 e. The Morgan fingerprint density at radius 1 is 0.941 bits per heavy atom. The number of fused-ring (bicyclic) bond motifs is 3. The number of rotatable bonds is 2. The molecule has 0 atom stereocenters. The van der Waals surface area contributed by atoms with Crippen molar-refractivity contribution >= 4 is 17.3 Å². The third-order valence-electron chi connectivity index (χ3n) is 4.64. The molecule has 0 radical (unpaired) electrons. The molecule has 3 heterocycles. The van der Waals surface area contributed by atoms with Crippen LogP contribution in [0.2, 0.25) is 0 Å². The molecule has 4 rings (SSSR count). The number of quaternary nitrogens is 2. The lowest BCUT2D eigenvalue weighted by atomic mass is 10.1. The highest BCUT2D eigenvalue weighted by atomic mass is 35.5. The average molecular weight is 257 g/mol. The van der Waals surface area contributed by atoms with Crippen molar-refractivity contribution in [2.75, 3.05) is 45.3 Å². The van der Waals surface area contributed by atoms with Gasteiger partial charge in [0.15, 0.2) is 6.00 Å². The van der Waals surface area contributed by atoms with Crippen molar-refractivity contribution < 1.29 is 8.87 Å². The molecule has 2 bridgehead atoms. The van der Waals surface area contributed by atoms with Gasteiger partial charge in [0.1, 0.15) is 50.8 Å². The predicted molar refractivity (Wildman–Crippen MR) is 68.4 cm³/mol. The summed E-state index contributed by atoms with van der Waals surface area (Å²) in [4.78, 5) is 0. The van der Waals surface area contributed by atoms with Crippen molar-refractivity contribution in [3.05, 3.63) is 30.1 Å². The van der Waals surface area contributed by atoms with Crippen LogP contribution in [0.25, 0.3) is 0 Å².